The molecule has 1 fully saturated rings. The summed E-state index contributed by atoms with van der Waals surface area (Å²) < 4.78 is 27.3. The molecule has 0 atom stereocenters. The fraction of sp³-hybridized carbons (Fsp3) is 0.600. The molecule has 118 valence electrons. The molecule has 1 aromatic rings. The lowest BCUT2D eigenvalue weighted by Crippen LogP contribution is -2.36. The van der Waals surface area contributed by atoms with Crippen LogP contribution in [0.25, 0.3) is 0 Å². The molecule has 5 nitrogen and oxygen atoms in total. The number of nitrogens with one attached hydrogen (secondary N) is 2. The number of piperidine rings is 1. The van der Waals surface area contributed by atoms with E-state index >= 15 is 0 Å². The first-order valence-corrected chi connectivity index (χ1v) is 8.91. The van der Waals surface area contributed by atoms with Gasteiger partial charge in [0.05, 0.1) is 4.90 Å². The van der Waals surface area contributed by atoms with Crippen LogP contribution in [0.15, 0.2) is 29.2 Å². The minimum atomic E-state index is -3.39. The molecule has 1 aliphatic heterocycles. The molecule has 21 heavy (non-hydrogen) atoms. The highest BCUT2D eigenvalue weighted by Gasteiger charge is 2.20. The Bertz CT molecular complexity index is 535. The maximum atomic E-state index is 12.3. The fourth-order valence-electron chi connectivity index (χ4n) is 2.57. The van der Waals surface area contributed by atoms with Crippen molar-refractivity contribution in [3.05, 3.63) is 29.8 Å². The largest absolute Gasteiger partial charge is 0.316 e. The second kappa shape index (κ2) is 7.35. The number of benzene rings is 1. The summed E-state index contributed by atoms with van der Waals surface area (Å²) in [5.41, 5.74) is 1.08. The Balaban J connectivity index is 1.91. The minimum Gasteiger partial charge on any atom is -0.316 e. The Morgan fingerprint density at radius 3 is 2.38 bits per heavy atom. The Morgan fingerprint density at radius 2 is 1.81 bits per heavy atom. The van der Waals surface area contributed by atoms with Gasteiger partial charge >= 0.3 is 0 Å². The molecule has 0 unspecified atom stereocenters. The van der Waals surface area contributed by atoms with E-state index in [0.717, 1.165) is 38.0 Å². The zero-order chi connectivity index (χ0) is 15.3. The van der Waals surface area contributed by atoms with Crippen LogP contribution < -0.4 is 10.0 Å². The standard InChI is InChI=1S/C15H25N3O2S/c1-16-11-13-3-5-15(6-4-13)21(19,20)17-12-14-7-9-18(2)10-8-14/h3-6,14,16-17H,7-12H2,1-2H3. The van der Waals surface area contributed by atoms with E-state index in [0.29, 0.717) is 17.4 Å². The molecule has 1 heterocycles. The summed E-state index contributed by atoms with van der Waals surface area (Å²) in [6.45, 7) is 3.37. The van der Waals surface area contributed by atoms with Crippen molar-refractivity contribution in [3.63, 3.8) is 0 Å². The molecule has 0 aliphatic carbocycles. The zero-order valence-corrected chi connectivity index (χ0v) is 13.6. The Morgan fingerprint density at radius 1 is 1.19 bits per heavy atom. The van der Waals surface area contributed by atoms with Crippen molar-refractivity contribution in [2.75, 3.05) is 33.7 Å². The van der Waals surface area contributed by atoms with Gasteiger partial charge in [0.1, 0.15) is 0 Å². The van der Waals surface area contributed by atoms with Crippen LogP contribution in [0, 0.1) is 5.92 Å². The van der Waals surface area contributed by atoms with Crippen LogP contribution in [0.3, 0.4) is 0 Å². The molecule has 0 bridgehead atoms. The minimum absolute atomic E-state index is 0.343. The molecular formula is C15H25N3O2S. The molecule has 0 saturated carbocycles. The molecule has 2 N–H and O–H groups in total. The number of hydrogen-bond acceptors (Lipinski definition) is 4. The average molecular weight is 311 g/mol. The average Bonchev–Trinajstić information content (AvgIpc) is 2.48. The van der Waals surface area contributed by atoms with Crippen LogP contribution >= 0.6 is 0 Å². The first-order valence-electron chi connectivity index (χ1n) is 7.43. The molecule has 6 heteroatoms. The zero-order valence-electron chi connectivity index (χ0n) is 12.8. The Labute approximate surface area is 127 Å². The van der Waals surface area contributed by atoms with E-state index in [-0.39, 0.29) is 0 Å². The van der Waals surface area contributed by atoms with Gasteiger partial charge in [-0.25, -0.2) is 13.1 Å². The van der Waals surface area contributed by atoms with E-state index in [1.165, 1.54) is 0 Å². The normalized spacial score (nSPS) is 18.0. The van der Waals surface area contributed by atoms with Crippen LogP contribution in [0.4, 0.5) is 0 Å². The van der Waals surface area contributed by atoms with Gasteiger partial charge in [-0.1, -0.05) is 12.1 Å². The lowest BCUT2D eigenvalue weighted by atomic mass is 9.98. The third kappa shape index (κ3) is 4.78. The molecular weight excluding hydrogens is 286 g/mol. The first kappa shape index (κ1) is 16.4. The Hall–Kier alpha value is -0.950. The van der Waals surface area contributed by atoms with Crippen LogP contribution in [-0.4, -0.2) is 47.0 Å². The van der Waals surface area contributed by atoms with Crippen molar-refractivity contribution < 1.29 is 8.42 Å². The quantitative estimate of drug-likeness (QED) is 0.824. The van der Waals surface area contributed by atoms with E-state index < -0.39 is 10.0 Å². The topological polar surface area (TPSA) is 61.4 Å². The number of sulfonamides is 1. The highest BCUT2D eigenvalue weighted by atomic mass is 32.2. The fourth-order valence-corrected chi connectivity index (χ4v) is 3.68. The molecule has 0 amide bonds. The number of hydrogen-bond donors (Lipinski definition) is 2. The van der Waals surface area contributed by atoms with Crippen LogP contribution in [0.1, 0.15) is 18.4 Å². The van der Waals surface area contributed by atoms with Crippen LogP contribution in [0.5, 0.6) is 0 Å². The summed E-state index contributed by atoms with van der Waals surface area (Å²) >= 11 is 0. The van der Waals surface area contributed by atoms with E-state index in [1.807, 2.05) is 19.2 Å². The van der Waals surface area contributed by atoms with Gasteiger partial charge < -0.3 is 10.2 Å². The molecule has 2 rings (SSSR count). The predicted molar refractivity (Wildman–Crippen MR) is 84.6 cm³/mol. The van der Waals surface area contributed by atoms with Gasteiger partial charge in [0, 0.05) is 13.1 Å². The monoisotopic (exact) mass is 311 g/mol. The molecule has 0 aromatic heterocycles. The van der Waals surface area contributed by atoms with Gasteiger partial charge in [0.15, 0.2) is 0 Å². The molecule has 0 radical (unpaired) electrons. The lowest BCUT2D eigenvalue weighted by Gasteiger charge is -2.28. The second-order valence-corrected chi connectivity index (χ2v) is 7.54. The molecule has 1 saturated heterocycles. The van der Waals surface area contributed by atoms with E-state index in [1.54, 1.807) is 12.1 Å². The van der Waals surface area contributed by atoms with Gasteiger partial charge in [0.25, 0.3) is 0 Å². The smallest absolute Gasteiger partial charge is 0.240 e. The van der Waals surface area contributed by atoms with E-state index in [2.05, 4.69) is 22.0 Å². The predicted octanol–water partition coefficient (Wildman–Crippen LogP) is 1.03. The summed E-state index contributed by atoms with van der Waals surface area (Å²) in [6, 6.07) is 7.04. The van der Waals surface area contributed by atoms with Crippen molar-refractivity contribution in [1.82, 2.24) is 14.9 Å². The summed E-state index contributed by atoms with van der Waals surface area (Å²) in [6.07, 6.45) is 2.11. The summed E-state index contributed by atoms with van der Waals surface area (Å²) in [5.74, 6) is 0.444. The second-order valence-electron chi connectivity index (χ2n) is 5.77. The maximum absolute atomic E-state index is 12.3. The third-order valence-electron chi connectivity index (χ3n) is 4.01. The first-order chi connectivity index (χ1) is 10.0. The maximum Gasteiger partial charge on any atom is 0.240 e. The van der Waals surface area contributed by atoms with Gasteiger partial charge in [0.2, 0.25) is 10.0 Å². The third-order valence-corrected chi connectivity index (χ3v) is 5.45. The van der Waals surface area contributed by atoms with Crippen molar-refractivity contribution in [3.8, 4) is 0 Å². The van der Waals surface area contributed by atoms with Crippen molar-refractivity contribution in [2.24, 2.45) is 5.92 Å². The number of nitrogens with zero attached hydrogens (tertiary/aromatic N) is 1. The molecule has 1 aromatic carbocycles. The molecule has 0 spiro atoms. The van der Waals surface area contributed by atoms with E-state index in [4.69, 9.17) is 0 Å². The van der Waals surface area contributed by atoms with Crippen molar-refractivity contribution in [2.45, 2.75) is 24.3 Å². The summed E-state index contributed by atoms with van der Waals surface area (Å²) in [5, 5.41) is 3.04. The van der Waals surface area contributed by atoms with Crippen molar-refractivity contribution >= 4 is 10.0 Å². The van der Waals surface area contributed by atoms with Gasteiger partial charge in [-0.15, -0.1) is 0 Å². The Kier molecular flexibility index (Phi) is 5.75. The number of likely N-dealkylation sites (tertiary alicyclic amines) is 1. The van der Waals surface area contributed by atoms with Gasteiger partial charge in [-0.3, -0.25) is 0 Å². The van der Waals surface area contributed by atoms with Crippen LogP contribution in [0.2, 0.25) is 0 Å². The van der Waals surface area contributed by atoms with Crippen LogP contribution in [-0.2, 0) is 16.6 Å². The lowest BCUT2D eigenvalue weighted by molar-refractivity contribution is 0.220. The number of rotatable bonds is 6. The summed E-state index contributed by atoms with van der Waals surface area (Å²) in [4.78, 5) is 2.63. The summed E-state index contributed by atoms with van der Waals surface area (Å²) in [7, 11) is 0.584. The van der Waals surface area contributed by atoms with E-state index in [9.17, 15) is 8.42 Å². The molecule has 1 aliphatic rings. The van der Waals surface area contributed by atoms with Gasteiger partial charge in [-0.05, 0) is 63.6 Å². The highest BCUT2D eigenvalue weighted by molar-refractivity contribution is 7.89. The SMILES string of the molecule is CNCc1ccc(S(=O)(=O)NCC2CCN(C)CC2)cc1. The van der Waals surface area contributed by atoms with Gasteiger partial charge in [-0.2, -0.15) is 0 Å². The highest BCUT2D eigenvalue weighted by Crippen LogP contribution is 2.16. The van der Waals surface area contributed by atoms with Crippen molar-refractivity contribution in [1.29, 1.82) is 0 Å².